The van der Waals surface area contributed by atoms with Gasteiger partial charge in [-0.3, -0.25) is 0 Å². The topological polar surface area (TPSA) is 38.7 Å². The van der Waals surface area contributed by atoms with Crippen LogP contribution in [0.4, 0.5) is 0 Å². The Labute approximate surface area is 253 Å². The van der Waals surface area contributed by atoms with Gasteiger partial charge in [-0.15, -0.1) is 21.5 Å². The number of nitrogens with zero attached hydrogens (tertiary/aromatic N) is 3. The van der Waals surface area contributed by atoms with Crippen LogP contribution < -0.4 is 0 Å². The van der Waals surface area contributed by atoms with Crippen molar-refractivity contribution < 1.29 is 0 Å². The van der Waals surface area contributed by atoms with Crippen LogP contribution in [-0.4, -0.2) is 15.4 Å². The minimum Gasteiger partial charge on any atom is -0.135 e. The molecule has 0 aliphatic carbocycles. The number of thiophene rings is 1. The average molecular weight is 568 g/mol. The number of rotatable bonds is 5. The van der Waals surface area contributed by atoms with Gasteiger partial charge >= 0.3 is 0 Å². The summed E-state index contributed by atoms with van der Waals surface area (Å²) >= 11 is 1.84. The molecule has 6 aromatic carbocycles. The van der Waals surface area contributed by atoms with Crippen molar-refractivity contribution in [1.29, 1.82) is 0 Å². The molecule has 0 saturated heterocycles. The molecule has 0 unspecified atom stereocenters. The fraction of sp³-hybridized carbons (Fsp3) is 0. The summed E-state index contributed by atoms with van der Waals surface area (Å²) in [5.74, 6) is 0. The Balaban J connectivity index is 1.45. The zero-order chi connectivity index (χ0) is 28.6. The Bertz CT molecular complexity index is 2220. The zero-order valence-corrected chi connectivity index (χ0v) is 24.0. The highest BCUT2D eigenvalue weighted by molar-refractivity contribution is 7.26. The van der Waals surface area contributed by atoms with E-state index in [-0.39, 0.29) is 0 Å². The first-order chi connectivity index (χ1) is 21.4. The minimum atomic E-state index is 0.810. The maximum absolute atomic E-state index is 4.74. The van der Waals surface area contributed by atoms with Crippen LogP contribution in [0.3, 0.4) is 0 Å². The van der Waals surface area contributed by atoms with Crippen LogP contribution in [0.2, 0.25) is 0 Å². The van der Waals surface area contributed by atoms with Gasteiger partial charge in [-0.25, -0.2) is 0 Å². The molecule has 0 atom stereocenters. The van der Waals surface area contributed by atoms with Crippen molar-refractivity contribution in [3.63, 3.8) is 0 Å². The van der Waals surface area contributed by atoms with Crippen LogP contribution in [-0.2, 0) is 0 Å². The van der Waals surface area contributed by atoms with Crippen molar-refractivity contribution in [2.24, 2.45) is 0 Å². The van der Waals surface area contributed by atoms with E-state index in [9.17, 15) is 0 Å². The molecule has 0 N–H and O–H groups in total. The summed E-state index contributed by atoms with van der Waals surface area (Å²) in [6, 6.07) is 53.2. The first-order valence-corrected chi connectivity index (χ1v) is 15.1. The van der Waals surface area contributed by atoms with Crippen molar-refractivity contribution in [1.82, 2.24) is 15.4 Å². The van der Waals surface area contributed by atoms with Gasteiger partial charge in [-0.05, 0) is 45.2 Å². The summed E-state index contributed by atoms with van der Waals surface area (Å²) in [5.41, 5.74) is 10.4. The van der Waals surface area contributed by atoms with E-state index in [1.165, 1.54) is 31.3 Å². The van der Waals surface area contributed by atoms with Gasteiger partial charge < -0.3 is 0 Å². The summed E-state index contributed by atoms with van der Waals surface area (Å²) in [4.78, 5) is 0. The molecule has 0 aliphatic heterocycles. The van der Waals surface area contributed by atoms with Gasteiger partial charge in [-0.2, -0.15) is 0 Å². The van der Waals surface area contributed by atoms with Gasteiger partial charge in [0.05, 0.1) is 0 Å². The lowest BCUT2D eigenvalue weighted by Gasteiger charge is -2.18. The third kappa shape index (κ3) is 4.40. The highest BCUT2D eigenvalue weighted by Crippen LogP contribution is 2.47. The Hall–Kier alpha value is -5.45. The van der Waals surface area contributed by atoms with Gasteiger partial charge in [0.1, 0.15) is 11.4 Å². The van der Waals surface area contributed by atoms with E-state index < -0.39 is 0 Å². The van der Waals surface area contributed by atoms with Gasteiger partial charge in [-0.1, -0.05) is 140 Å². The van der Waals surface area contributed by atoms with Crippen molar-refractivity contribution in [2.75, 3.05) is 0 Å². The molecule has 0 amide bonds. The molecule has 0 spiro atoms. The maximum Gasteiger partial charge on any atom is 0.105 e. The molecule has 0 saturated carbocycles. The van der Waals surface area contributed by atoms with Crippen molar-refractivity contribution in [2.45, 2.75) is 0 Å². The van der Waals surface area contributed by atoms with Crippen molar-refractivity contribution in [3.05, 3.63) is 152 Å². The molecule has 2 aromatic heterocycles. The Morgan fingerprint density at radius 1 is 0.372 bits per heavy atom. The van der Waals surface area contributed by atoms with Crippen LogP contribution in [0.5, 0.6) is 0 Å². The highest BCUT2D eigenvalue weighted by atomic mass is 32.1. The molecule has 2 heterocycles. The molecule has 8 rings (SSSR count). The Morgan fingerprint density at radius 2 is 0.930 bits per heavy atom. The Morgan fingerprint density at radius 3 is 1.65 bits per heavy atom. The molecule has 0 radical (unpaired) electrons. The zero-order valence-electron chi connectivity index (χ0n) is 23.2. The summed E-state index contributed by atoms with van der Waals surface area (Å²) in [6.07, 6.45) is 0. The molecule has 4 heteroatoms. The largest absolute Gasteiger partial charge is 0.135 e. The SMILES string of the molecule is c1ccc(-c2nnnc(-c3ccccc3-c3ccc4sc5ccccc5c4c3-c3ccccc3)c2-c2ccccc2)cc1. The van der Waals surface area contributed by atoms with Crippen molar-refractivity contribution in [3.8, 4) is 55.9 Å². The number of hydrogen-bond acceptors (Lipinski definition) is 4. The summed E-state index contributed by atoms with van der Waals surface area (Å²) in [7, 11) is 0. The third-order valence-corrected chi connectivity index (χ3v) is 9.09. The lowest BCUT2D eigenvalue weighted by molar-refractivity contribution is 0.879. The fourth-order valence-corrected chi connectivity index (χ4v) is 7.17. The van der Waals surface area contributed by atoms with E-state index in [2.05, 4.69) is 138 Å². The van der Waals surface area contributed by atoms with E-state index in [0.29, 0.717) is 0 Å². The molecule has 0 fully saturated rings. The smallest absolute Gasteiger partial charge is 0.105 e. The lowest BCUT2D eigenvalue weighted by atomic mass is 9.86. The van der Waals surface area contributed by atoms with E-state index >= 15 is 0 Å². The molecule has 8 aromatic rings. The van der Waals surface area contributed by atoms with E-state index in [0.717, 1.165) is 44.8 Å². The maximum atomic E-state index is 4.74. The van der Waals surface area contributed by atoms with Crippen LogP contribution in [0.25, 0.3) is 76.1 Å². The lowest BCUT2D eigenvalue weighted by Crippen LogP contribution is -2.01. The second-order valence-electron chi connectivity index (χ2n) is 10.5. The second-order valence-corrected chi connectivity index (χ2v) is 11.5. The molecular formula is C39H25N3S. The second kappa shape index (κ2) is 10.8. The normalized spacial score (nSPS) is 11.3. The first-order valence-electron chi connectivity index (χ1n) is 14.3. The van der Waals surface area contributed by atoms with E-state index in [1.54, 1.807) is 0 Å². The number of aromatic nitrogens is 3. The van der Waals surface area contributed by atoms with Crippen molar-refractivity contribution >= 4 is 31.5 Å². The molecule has 0 aliphatic rings. The predicted molar refractivity (Wildman–Crippen MR) is 180 cm³/mol. The summed E-state index contributed by atoms with van der Waals surface area (Å²) < 4.78 is 2.57. The van der Waals surface area contributed by atoms with Crippen LogP contribution in [0, 0.1) is 0 Å². The molecule has 3 nitrogen and oxygen atoms in total. The molecule has 202 valence electrons. The molecule has 0 bridgehead atoms. The van der Waals surface area contributed by atoms with Crippen LogP contribution >= 0.6 is 11.3 Å². The number of benzene rings is 6. The van der Waals surface area contributed by atoms with Gasteiger partial charge in [0, 0.05) is 36.9 Å². The van der Waals surface area contributed by atoms with Gasteiger partial charge in [0.25, 0.3) is 0 Å². The number of fused-ring (bicyclic) bond motifs is 3. The number of hydrogen-bond donors (Lipinski definition) is 0. The Kier molecular flexibility index (Phi) is 6.32. The highest BCUT2D eigenvalue weighted by Gasteiger charge is 2.23. The molecule has 43 heavy (non-hydrogen) atoms. The standard InChI is InChI=1S/C39H25N3S/c1-4-14-26(15-5-1)35-30(24-25-34-37(35)32-22-12-13-23-33(32)43-34)29-20-10-11-21-31(29)39-36(27-16-6-2-7-17-27)38(40-42-41-39)28-18-8-3-9-19-28/h1-25H. The van der Waals surface area contributed by atoms with Crippen LogP contribution in [0.15, 0.2) is 152 Å². The predicted octanol–water partition coefficient (Wildman–Crippen LogP) is 10.6. The van der Waals surface area contributed by atoms with Gasteiger partial charge in [0.2, 0.25) is 0 Å². The van der Waals surface area contributed by atoms with E-state index in [1.807, 2.05) is 35.6 Å². The summed E-state index contributed by atoms with van der Waals surface area (Å²) in [6.45, 7) is 0. The fourth-order valence-electron chi connectivity index (χ4n) is 6.06. The quantitative estimate of drug-likeness (QED) is 0.208. The summed E-state index contributed by atoms with van der Waals surface area (Å²) in [5, 5.41) is 16.2. The average Bonchev–Trinajstić information content (AvgIpc) is 3.47. The van der Waals surface area contributed by atoms with Crippen LogP contribution in [0.1, 0.15) is 0 Å². The minimum absolute atomic E-state index is 0.810. The molecular weight excluding hydrogens is 543 g/mol. The first kappa shape index (κ1) is 25.3. The monoisotopic (exact) mass is 567 g/mol. The van der Waals surface area contributed by atoms with Gasteiger partial charge in [0.15, 0.2) is 0 Å². The van der Waals surface area contributed by atoms with E-state index in [4.69, 9.17) is 5.10 Å². The third-order valence-electron chi connectivity index (χ3n) is 7.95.